The fourth-order valence-electron chi connectivity index (χ4n) is 1.85. The van der Waals surface area contributed by atoms with Crippen molar-refractivity contribution >= 4 is 12.2 Å². The Bertz CT molecular complexity index is 497. The Labute approximate surface area is 107 Å². The molecule has 0 amide bonds. The maximum absolute atomic E-state index is 5.29. The van der Waals surface area contributed by atoms with Crippen LogP contribution in [-0.2, 0) is 13.6 Å². The number of rotatable bonds is 4. The molecule has 17 heavy (non-hydrogen) atoms. The fraction of sp³-hybridized carbons (Fsp3) is 0.417. The molecule has 0 saturated carbocycles. The standard InChI is InChI=1S/C12H18N4S/c1-11-13(2)7-9-15(11)5-4-6-16-10-8-14(3)12(16)17/h7-10H,1,4-6H2,2-3H3. The Morgan fingerprint density at radius 2 is 1.94 bits per heavy atom. The van der Waals surface area contributed by atoms with Gasteiger partial charge in [-0.2, -0.15) is 0 Å². The number of hydrogen-bond donors (Lipinski definition) is 0. The average molecular weight is 250 g/mol. The van der Waals surface area contributed by atoms with Crippen LogP contribution < -0.4 is 0 Å². The van der Waals surface area contributed by atoms with Gasteiger partial charge in [0.25, 0.3) is 0 Å². The fourth-order valence-corrected chi connectivity index (χ4v) is 2.06. The highest BCUT2D eigenvalue weighted by atomic mass is 32.1. The summed E-state index contributed by atoms with van der Waals surface area (Å²) in [5.74, 6) is 1.03. The van der Waals surface area contributed by atoms with E-state index >= 15 is 0 Å². The van der Waals surface area contributed by atoms with Gasteiger partial charge in [0.2, 0.25) is 0 Å². The van der Waals surface area contributed by atoms with E-state index in [4.69, 9.17) is 12.2 Å². The molecule has 0 saturated heterocycles. The number of aromatic nitrogens is 2. The molecule has 0 aromatic carbocycles. The zero-order chi connectivity index (χ0) is 12.4. The summed E-state index contributed by atoms with van der Waals surface area (Å²) in [6.07, 6.45) is 9.16. The van der Waals surface area contributed by atoms with E-state index in [0.717, 1.165) is 30.1 Å². The van der Waals surface area contributed by atoms with Crippen LogP contribution in [0.15, 0.2) is 37.2 Å². The van der Waals surface area contributed by atoms with Crippen molar-refractivity contribution in [1.82, 2.24) is 18.9 Å². The third kappa shape index (κ3) is 2.44. The molecule has 1 aromatic rings. The van der Waals surface area contributed by atoms with E-state index in [-0.39, 0.29) is 0 Å². The molecule has 1 aromatic heterocycles. The van der Waals surface area contributed by atoms with Crippen LogP contribution in [0.5, 0.6) is 0 Å². The van der Waals surface area contributed by atoms with Gasteiger partial charge in [-0.05, 0) is 18.6 Å². The largest absolute Gasteiger partial charge is 0.337 e. The molecule has 92 valence electrons. The van der Waals surface area contributed by atoms with Crippen molar-refractivity contribution in [2.75, 3.05) is 13.6 Å². The SMILES string of the molecule is C=C1N(C)C=CN1CCCn1ccn(C)c1=S. The van der Waals surface area contributed by atoms with Crippen LogP contribution in [0, 0.1) is 4.77 Å². The normalized spacial score (nSPS) is 15.1. The summed E-state index contributed by atoms with van der Waals surface area (Å²) < 4.78 is 4.93. The lowest BCUT2D eigenvalue weighted by atomic mass is 10.4. The van der Waals surface area contributed by atoms with Crippen LogP contribution in [0.4, 0.5) is 0 Å². The maximum Gasteiger partial charge on any atom is 0.179 e. The Morgan fingerprint density at radius 1 is 1.18 bits per heavy atom. The summed E-state index contributed by atoms with van der Waals surface area (Å²) in [7, 11) is 3.98. The van der Waals surface area contributed by atoms with Gasteiger partial charge in [0.1, 0.15) is 5.82 Å². The van der Waals surface area contributed by atoms with Crippen molar-refractivity contribution in [2.45, 2.75) is 13.0 Å². The predicted molar refractivity (Wildman–Crippen MR) is 71.6 cm³/mol. The second-order valence-corrected chi connectivity index (χ2v) is 4.62. The van der Waals surface area contributed by atoms with Crippen molar-refractivity contribution < 1.29 is 0 Å². The summed E-state index contributed by atoms with van der Waals surface area (Å²) >= 11 is 5.29. The van der Waals surface area contributed by atoms with Crippen LogP contribution in [0.1, 0.15) is 6.42 Å². The van der Waals surface area contributed by atoms with Crippen molar-refractivity contribution in [3.8, 4) is 0 Å². The Balaban J connectivity index is 1.85. The number of hydrogen-bond acceptors (Lipinski definition) is 3. The van der Waals surface area contributed by atoms with E-state index in [1.807, 2.05) is 42.2 Å². The van der Waals surface area contributed by atoms with E-state index in [1.165, 1.54) is 0 Å². The van der Waals surface area contributed by atoms with E-state index in [0.29, 0.717) is 0 Å². The van der Waals surface area contributed by atoms with E-state index in [1.54, 1.807) is 0 Å². The van der Waals surface area contributed by atoms with Crippen LogP contribution in [0.3, 0.4) is 0 Å². The molecule has 0 spiro atoms. The quantitative estimate of drug-likeness (QED) is 0.762. The molecular formula is C12H18N4S. The minimum absolute atomic E-state index is 0.873. The minimum Gasteiger partial charge on any atom is -0.337 e. The molecule has 4 nitrogen and oxygen atoms in total. The van der Waals surface area contributed by atoms with Gasteiger partial charge < -0.3 is 18.9 Å². The second kappa shape index (κ2) is 4.79. The lowest BCUT2D eigenvalue weighted by Crippen LogP contribution is -2.21. The molecule has 1 aliphatic rings. The van der Waals surface area contributed by atoms with Gasteiger partial charge in [-0.25, -0.2) is 0 Å². The van der Waals surface area contributed by atoms with E-state index in [9.17, 15) is 0 Å². The van der Waals surface area contributed by atoms with Crippen LogP contribution in [-0.4, -0.2) is 32.5 Å². The molecule has 0 fully saturated rings. The monoisotopic (exact) mass is 250 g/mol. The van der Waals surface area contributed by atoms with Gasteiger partial charge in [-0.15, -0.1) is 0 Å². The van der Waals surface area contributed by atoms with Gasteiger partial charge in [-0.1, -0.05) is 6.58 Å². The third-order valence-electron chi connectivity index (χ3n) is 3.02. The Hall–Kier alpha value is -1.49. The molecule has 0 radical (unpaired) electrons. The lowest BCUT2D eigenvalue weighted by Gasteiger charge is -2.20. The molecule has 0 atom stereocenters. The molecule has 0 N–H and O–H groups in total. The summed E-state index contributed by atoms with van der Waals surface area (Å²) in [5, 5.41) is 0. The summed E-state index contributed by atoms with van der Waals surface area (Å²) in [5.41, 5.74) is 0. The zero-order valence-electron chi connectivity index (χ0n) is 10.3. The van der Waals surface area contributed by atoms with Gasteiger partial charge in [-0.3, -0.25) is 0 Å². The molecule has 0 unspecified atom stereocenters. The van der Waals surface area contributed by atoms with Gasteiger partial charge in [0.15, 0.2) is 4.77 Å². The molecule has 2 rings (SSSR count). The van der Waals surface area contributed by atoms with Crippen molar-refractivity contribution in [3.05, 3.63) is 42.0 Å². The van der Waals surface area contributed by atoms with E-state index in [2.05, 4.69) is 22.2 Å². The lowest BCUT2D eigenvalue weighted by molar-refractivity contribution is 0.379. The first-order chi connectivity index (χ1) is 8.09. The highest BCUT2D eigenvalue weighted by Crippen LogP contribution is 2.15. The van der Waals surface area contributed by atoms with Crippen LogP contribution >= 0.6 is 12.2 Å². The third-order valence-corrected chi connectivity index (χ3v) is 3.55. The molecule has 1 aliphatic heterocycles. The molecule has 2 heterocycles. The highest BCUT2D eigenvalue weighted by molar-refractivity contribution is 7.71. The maximum atomic E-state index is 5.29. The van der Waals surface area contributed by atoms with E-state index < -0.39 is 0 Å². The van der Waals surface area contributed by atoms with Gasteiger partial charge >= 0.3 is 0 Å². The topological polar surface area (TPSA) is 16.3 Å². The number of aryl methyl sites for hydroxylation is 2. The summed E-state index contributed by atoms with van der Waals surface area (Å²) in [4.78, 5) is 4.18. The zero-order valence-corrected chi connectivity index (χ0v) is 11.2. The molecule has 0 bridgehead atoms. The van der Waals surface area contributed by atoms with Crippen molar-refractivity contribution in [3.63, 3.8) is 0 Å². The minimum atomic E-state index is 0.873. The van der Waals surface area contributed by atoms with Crippen LogP contribution in [0.25, 0.3) is 0 Å². The van der Waals surface area contributed by atoms with Gasteiger partial charge in [0.05, 0.1) is 0 Å². The second-order valence-electron chi connectivity index (χ2n) is 4.26. The van der Waals surface area contributed by atoms with Gasteiger partial charge in [0, 0.05) is 52.0 Å². The first-order valence-corrected chi connectivity index (χ1v) is 6.09. The van der Waals surface area contributed by atoms with Crippen molar-refractivity contribution in [2.24, 2.45) is 7.05 Å². The summed E-state index contributed by atoms with van der Waals surface area (Å²) in [6.45, 7) is 5.94. The Kier molecular flexibility index (Phi) is 3.38. The number of nitrogens with zero attached hydrogens (tertiary/aromatic N) is 4. The van der Waals surface area contributed by atoms with Crippen molar-refractivity contribution in [1.29, 1.82) is 0 Å². The molecular weight excluding hydrogens is 232 g/mol. The molecule has 5 heteroatoms. The highest BCUT2D eigenvalue weighted by Gasteiger charge is 2.12. The Morgan fingerprint density at radius 3 is 2.47 bits per heavy atom. The first-order valence-electron chi connectivity index (χ1n) is 5.68. The predicted octanol–water partition coefficient (Wildman–Crippen LogP) is 2.14. The first kappa shape index (κ1) is 12.0. The number of imidazole rings is 1. The smallest absolute Gasteiger partial charge is 0.179 e. The van der Waals surface area contributed by atoms with Crippen LogP contribution in [0.2, 0.25) is 0 Å². The molecule has 0 aliphatic carbocycles. The average Bonchev–Trinajstić information content (AvgIpc) is 2.79. The summed E-state index contributed by atoms with van der Waals surface area (Å²) in [6, 6.07) is 0.